The fourth-order valence-electron chi connectivity index (χ4n) is 3.10. The van der Waals surface area contributed by atoms with Crippen LogP contribution in [-0.2, 0) is 18.2 Å². The van der Waals surface area contributed by atoms with Gasteiger partial charge in [0.15, 0.2) is 0 Å². The summed E-state index contributed by atoms with van der Waals surface area (Å²) in [6.45, 7) is 4.19. The number of amides is 1. The van der Waals surface area contributed by atoms with Gasteiger partial charge in [-0.1, -0.05) is 54.7 Å². The van der Waals surface area contributed by atoms with Crippen LogP contribution in [0, 0.1) is 0 Å². The smallest absolute Gasteiger partial charge is 0.410 e. The topological polar surface area (TPSA) is 77.3 Å². The molecule has 142 valence electrons. The van der Waals surface area contributed by atoms with E-state index in [9.17, 15) is 9.59 Å². The number of hydrogen-bond acceptors (Lipinski definition) is 6. The molecule has 2 atom stereocenters. The molecule has 0 bridgehead atoms. The molecule has 0 radical (unpaired) electrons. The monoisotopic (exact) mass is 386 g/mol. The lowest BCUT2D eigenvalue weighted by atomic mass is 10.1. The molecule has 1 amide bonds. The minimum atomic E-state index is -0.391. The Bertz CT molecular complexity index is 808. The van der Waals surface area contributed by atoms with Gasteiger partial charge in [0.25, 0.3) is 0 Å². The molecule has 0 saturated carbocycles. The van der Waals surface area contributed by atoms with Crippen LogP contribution in [0.15, 0.2) is 49.3 Å². The maximum absolute atomic E-state index is 12.5. The Morgan fingerprint density at radius 2 is 2.15 bits per heavy atom. The lowest BCUT2D eigenvalue weighted by Crippen LogP contribution is -2.38. The van der Waals surface area contributed by atoms with Crippen LogP contribution in [0.5, 0.6) is 0 Å². The number of aromatic nitrogens is 3. The molecule has 0 N–H and O–H groups in total. The molecule has 1 fully saturated rings. The van der Waals surface area contributed by atoms with Crippen molar-refractivity contribution in [2.24, 2.45) is 7.05 Å². The summed E-state index contributed by atoms with van der Waals surface area (Å²) in [4.78, 5) is 30.9. The summed E-state index contributed by atoms with van der Waals surface area (Å²) in [5, 5.41) is 4.10. The van der Waals surface area contributed by atoms with E-state index in [-0.39, 0.29) is 23.0 Å². The predicted octanol–water partition coefficient (Wildman–Crippen LogP) is 2.70. The van der Waals surface area contributed by atoms with Gasteiger partial charge in [0.2, 0.25) is 5.12 Å². The highest BCUT2D eigenvalue weighted by atomic mass is 32.2. The molecular formula is C19H22N4O3S. The molecule has 1 aromatic carbocycles. The van der Waals surface area contributed by atoms with Crippen molar-refractivity contribution in [2.45, 2.75) is 24.1 Å². The molecule has 3 rings (SSSR count). The number of thioether (sulfide) groups is 1. The van der Waals surface area contributed by atoms with Crippen LogP contribution in [-0.4, -0.2) is 55.3 Å². The third-order valence-corrected chi connectivity index (χ3v) is 5.57. The van der Waals surface area contributed by atoms with Crippen molar-refractivity contribution in [3.05, 3.63) is 60.7 Å². The Labute approximate surface area is 162 Å². The molecule has 0 spiro atoms. The molecule has 1 aromatic heterocycles. The van der Waals surface area contributed by atoms with E-state index in [0.29, 0.717) is 24.9 Å². The number of hydrogen-bond donors (Lipinski definition) is 0. The molecule has 8 heteroatoms. The molecule has 2 heterocycles. The summed E-state index contributed by atoms with van der Waals surface area (Å²) in [5.41, 5.74) is 0.667. The van der Waals surface area contributed by atoms with E-state index in [1.54, 1.807) is 21.7 Å². The Balaban J connectivity index is 1.70. The first kappa shape index (κ1) is 19.2. The lowest BCUT2D eigenvalue weighted by Gasteiger charge is -2.23. The minimum absolute atomic E-state index is 0.00668. The summed E-state index contributed by atoms with van der Waals surface area (Å²) in [7, 11) is 1.82. The van der Waals surface area contributed by atoms with E-state index in [1.165, 1.54) is 24.2 Å². The number of nitrogens with zero attached hydrogens (tertiary/aromatic N) is 4. The lowest BCUT2D eigenvalue weighted by molar-refractivity contribution is 0.106. The van der Waals surface area contributed by atoms with Gasteiger partial charge in [-0.3, -0.25) is 9.48 Å². The largest absolute Gasteiger partial charge is 0.445 e. The summed E-state index contributed by atoms with van der Waals surface area (Å²) in [6, 6.07) is 9.09. The minimum Gasteiger partial charge on any atom is -0.445 e. The number of likely N-dealkylation sites (tertiary alicyclic amines) is 1. The van der Waals surface area contributed by atoms with Crippen molar-refractivity contribution in [3.8, 4) is 0 Å². The van der Waals surface area contributed by atoms with Gasteiger partial charge >= 0.3 is 6.09 Å². The zero-order valence-corrected chi connectivity index (χ0v) is 16.0. The Kier molecular flexibility index (Phi) is 6.28. The standard InChI is InChI=1S/C19H22N4O3S/c1-3-9-26-19(25)23-12-16(27-18(24)14-7-5-4-6-8-14)10-15(23)11-17-20-13-21-22(17)2/h3-8,13,15-16H,1,9-12H2,2H3/t15-,16-/m0/s1. The van der Waals surface area contributed by atoms with Crippen LogP contribution < -0.4 is 0 Å². The van der Waals surface area contributed by atoms with Gasteiger partial charge in [0.05, 0.1) is 0 Å². The average molecular weight is 386 g/mol. The second-order valence-corrected chi connectivity index (χ2v) is 7.58. The molecular weight excluding hydrogens is 364 g/mol. The first-order valence-corrected chi connectivity index (χ1v) is 9.59. The SMILES string of the molecule is C=CCOC(=O)N1C[C@@H](SC(=O)c2ccccc2)C[C@H]1Cc1ncnn1C. The van der Waals surface area contributed by atoms with E-state index in [1.807, 2.05) is 25.2 Å². The van der Waals surface area contributed by atoms with Crippen LogP contribution >= 0.6 is 11.8 Å². The van der Waals surface area contributed by atoms with Crippen LogP contribution in [0.1, 0.15) is 22.6 Å². The molecule has 27 heavy (non-hydrogen) atoms. The molecule has 0 aliphatic carbocycles. The summed E-state index contributed by atoms with van der Waals surface area (Å²) >= 11 is 1.27. The molecule has 1 aliphatic rings. The fraction of sp³-hybridized carbons (Fsp3) is 0.368. The van der Waals surface area contributed by atoms with E-state index < -0.39 is 6.09 Å². The molecule has 2 aromatic rings. The van der Waals surface area contributed by atoms with Gasteiger partial charge in [-0.2, -0.15) is 5.10 Å². The Morgan fingerprint density at radius 1 is 1.37 bits per heavy atom. The Morgan fingerprint density at radius 3 is 2.81 bits per heavy atom. The van der Waals surface area contributed by atoms with Crippen molar-refractivity contribution in [3.63, 3.8) is 0 Å². The van der Waals surface area contributed by atoms with Crippen molar-refractivity contribution in [1.82, 2.24) is 19.7 Å². The summed E-state index contributed by atoms with van der Waals surface area (Å²) < 4.78 is 6.92. The van der Waals surface area contributed by atoms with Crippen LogP contribution in [0.25, 0.3) is 0 Å². The van der Waals surface area contributed by atoms with E-state index in [2.05, 4.69) is 16.7 Å². The third kappa shape index (κ3) is 4.77. The quantitative estimate of drug-likeness (QED) is 0.711. The first-order valence-electron chi connectivity index (χ1n) is 8.71. The highest BCUT2D eigenvalue weighted by Gasteiger charge is 2.38. The number of carbonyl (C=O) groups excluding carboxylic acids is 2. The number of benzene rings is 1. The van der Waals surface area contributed by atoms with Gasteiger partial charge in [0.1, 0.15) is 18.8 Å². The maximum atomic E-state index is 12.5. The van der Waals surface area contributed by atoms with E-state index in [4.69, 9.17) is 4.74 Å². The zero-order chi connectivity index (χ0) is 19.2. The second-order valence-electron chi connectivity index (χ2n) is 6.30. The normalized spacial score (nSPS) is 19.1. The van der Waals surface area contributed by atoms with Gasteiger partial charge in [-0.15, -0.1) is 0 Å². The summed E-state index contributed by atoms with van der Waals surface area (Å²) in [6.07, 6.45) is 3.90. The van der Waals surface area contributed by atoms with Crippen molar-refractivity contribution in [1.29, 1.82) is 0 Å². The maximum Gasteiger partial charge on any atom is 0.410 e. The molecule has 7 nitrogen and oxygen atoms in total. The van der Waals surface area contributed by atoms with Crippen molar-refractivity contribution < 1.29 is 14.3 Å². The number of aryl methyl sites for hydroxylation is 1. The second kappa shape index (κ2) is 8.85. The Hall–Kier alpha value is -2.61. The van der Waals surface area contributed by atoms with Crippen LogP contribution in [0.3, 0.4) is 0 Å². The number of rotatable bonds is 6. The van der Waals surface area contributed by atoms with Gasteiger partial charge in [-0.05, 0) is 6.42 Å². The van der Waals surface area contributed by atoms with Crippen molar-refractivity contribution >= 4 is 23.0 Å². The van der Waals surface area contributed by atoms with Crippen LogP contribution in [0.4, 0.5) is 4.79 Å². The predicted molar refractivity (Wildman–Crippen MR) is 104 cm³/mol. The average Bonchev–Trinajstić information content (AvgIpc) is 3.27. The van der Waals surface area contributed by atoms with E-state index >= 15 is 0 Å². The molecule has 1 saturated heterocycles. The van der Waals surface area contributed by atoms with Crippen LogP contribution in [0.2, 0.25) is 0 Å². The summed E-state index contributed by atoms with van der Waals surface area (Å²) in [5.74, 6) is 0.793. The van der Waals surface area contributed by atoms with Gasteiger partial charge in [0, 0.05) is 36.9 Å². The fourth-order valence-corrected chi connectivity index (χ4v) is 4.23. The van der Waals surface area contributed by atoms with Gasteiger partial charge < -0.3 is 9.64 Å². The third-order valence-electron chi connectivity index (χ3n) is 4.44. The molecule has 0 unspecified atom stereocenters. The van der Waals surface area contributed by atoms with E-state index in [0.717, 1.165) is 5.82 Å². The first-order chi connectivity index (χ1) is 13.1. The molecule has 1 aliphatic heterocycles. The van der Waals surface area contributed by atoms with Gasteiger partial charge in [-0.25, -0.2) is 9.78 Å². The number of carbonyl (C=O) groups is 2. The van der Waals surface area contributed by atoms with Crippen molar-refractivity contribution in [2.75, 3.05) is 13.2 Å². The highest BCUT2D eigenvalue weighted by molar-refractivity contribution is 8.14. The zero-order valence-electron chi connectivity index (χ0n) is 15.2. The number of ether oxygens (including phenoxy) is 1. The highest BCUT2D eigenvalue weighted by Crippen LogP contribution is 2.31.